The summed E-state index contributed by atoms with van der Waals surface area (Å²) in [6, 6.07) is 1.93. The molecule has 5 heteroatoms. The normalized spacial score (nSPS) is 12.4. The highest BCUT2D eigenvalue weighted by atomic mass is 32.1. The van der Waals surface area contributed by atoms with Crippen molar-refractivity contribution in [2.24, 2.45) is 5.92 Å². The first kappa shape index (κ1) is 16.1. The molecular formula is C14H24N2O2S. The molecule has 0 bridgehead atoms. The van der Waals surface area contributed by atoms with Gasteiger partial charge in [0.2, 0.25) is 5.91 Å². The molecule has 0 saturated carbocycles. The Kier molecular flexibility index (Phi) is 7.70. The van der Waals surface area contributed by atoms with E-state index in [-0.39, 0.29) is 12.5 Å². The molecule has 1 rings (SSSR count). The lowest BCUT2D eigenvalue weighted by Gasteiger charge is -2.15. The van der Waals surface area contributed by atoms with Crippen molar-refractivity contribution in [3.8, 4) is 0 Å². The summed E-state index contributed by atoms with van der Waals surface area (Å²) < 4.78 is 0. The van der Waals surface area contributed by atoms with Gasteiger partial charge in [0, 0.05) is 25.0 Å². The molecule has 1 amide bonds. The van der Waals surface area contributed by atoms with Crippen LogP contribution in [0.3, 0.4) is 0 Å². The number of carbonyl (C=O) groups is 1. The van der Waals surface area contributed by atoms with Crippen LogP contribution in [0.4, 0.5) is 5.69 Å². The fraction of sp³-hybridized carbons (Fsp3) is 0.643. The quantitative estimate of drug-likeness (QED) is 0.653. The monoisotopic (exact) mass is 284 g/mol. The van der Waals surface area contributed by atoms with Gasteiger partial charge in [0.25, 0.3) is 0 Å². The second-order valence-corrected chi connectivity index (χ2v) is 5.74. The number of hydrogen-bond acceptors (Lipinski definition) is 4. The minimum atomic E-state index is -0.0382. The predicted octanol–water partition coefficient (Wildman–Crippen LogP) is 2.59. The molecule has 0 aliphatic rings. The number of carbonyl (C=O) groups excluding carboxylic acids is 1. The summed E-state index contributed by atoms with van der Waals surface area (Å²) in [6.07, 6.45) is 3.13. The van der Waals surface area contributed by atoms with E-state index in [0.29, 0.717) is 5.92 Å². The zero-order chi connectivity index (χ0) is 14.1. The molecule has 3 N–H and O–H groups in total. The number of hydrogen-bond donors (Lipinski definition) is 3. The third kappa shape index (κ3) is 6.18. The van der Waals surface area contributed by atoms with Crippen LogP contribution in [0.15, 0.2) is 11.4 Å². The van der Waals surface area contributed by atoms with Crippen molar-refractivity contribution in [1.82, 2.24) is 5.32 Å². The van der Waals surface area contributed by atoms with E-state index < -0.39 is 0 Å². The van der Waals surface area contributed by atoms with Gasteiger partial charge in [-0.2, -0.15) is 0 Å². The third-order valence-electron chi connectivity index (χ3n) is 3.01. The Hall–Kier alpha value is -0.910. The Morgan fingerprint density at radius 1 is 1.47 bits per heavy atom. The predicted molar refractivity (Wildman–Crippen MR) is 80.4 cm³/mol. The molecule has 1 atom stereocenters. The Morgan fingerprint density at radius 2 is 2.26 bits per heavy atom. The first-order chi connectivity index (χ1) is 9.17. The summed E-state index contributed by atoms with van der Waals surface area (Å²) in [5, 5.41) is 17.3. The zero-order valence-corrected chi connectivity index (χ0v) is 12.6. The smallest absolute Gasteiger partial charge is 0.221 e. The molecule has 0 saturated heterocycles. The number of thiophene rings is 1. The van der Waals surface area contributed by atoms with Crippen molar-refractivity contribution in [2.45, 2.75) is 39.7 Å². The van der Waals surface area contributed by atoms with Crippen molar-refractivity contribution in [3.63, 3.8) is 0 Å². The highest BCUT2D eigenvalue weighted by molar-refractivity contribution is 7.10. The number of amides is 1. The van der Waals surface area contributed by atoms with Gasteiger partial charge in [-0.05, 0) is 36.8 Å². The second-order valence-electron chi connectivity index (χ2n) is 4.74. The van der Waals surface area contributed by atoms with Crippen LogP contribution >= 0.6 is 11.3 Å². The first-order valence-corrected chi connectivity index (χ1v) is 7.70. The van der Waals surface area contributed by atoms with Gasteiger partial charge >= 0.3 is 0 Å². The number of anilines is 1. The summed E-state index contributed by atoms with van der Waals surface area (Å²) >= 11 is 1.64. The maximum atomic E-state index is 11.1. The topological polar surface area (TPSA) is 61.4 Å². The zero-order valence-electron chi connectivity index (χ0n) is 11.7. The summed E-state index contributed by atoms with van der Waals surface area (Å²) in [6.45, 7) is 5.61. The molecular weight excluding hydrogens is 260 g/mol. The van der Waals surface area contributed by atoms with Gasteiger partial charge < -0.3 is 15.7 Å². The van der Waals surface area contributed by atoms with E-state index in [9.17, 15) is 4.79 Å². The molecule has 19 heavy (non-hydrogen) atoms. The Labute approximate surface area is 119 Å². The van der Waals surface area contributed by atoms with Crippen molar-refractivity contribution < 1.29 is 9.90 Å². The van der Waals surface area contributed by atoms with E-state index in [4.69, 9.17) is 5.11 Å². The average Bonchev–Trinajstić information content (AvgIpc) is 2.76. The van der Waals surface area contributed by atoms with Crippen LogP contribution in [0.25, 0.3) is 0 Å². The number of rotatable bonds is 9. The van der Waals surface area contributed by atoms with Crippen LogP contribution < -0.4 is 10.6 Å². The Morgan fingerprint density at radius 3 is 2.89 bits per heavy atom. The van der Waals surface area contributed by atoms with Crippen LogP contribution in [0, 0.1) is 5.92 Å². The molecule has 4 nitrogen and oxygen atoms in total. The minimum absolute atomic E-state index is 0.0382. The molecule has 1 heterocycles. The third-order valence-corrected chi connectivity index (χ3v) is 3.93. The summed E-state index contributed by atoms with van der Waals surface area (Å²) in [5.41, 5.74) is 0.902. The van der Waals surface area contributed by atoms with E-state index in [2.05, 4.69) is 17.6 Å². The second kappa shape index (κ2) is 9.07. The van der Waals surface area contributed by atoms with Crippen LogP contribution in [0.5, 0.6) is 0 Å². The molecule has 108 valence electrons. The first-order valence-electron chi connectivity index (χ1n) is 6.82. The molecule has 0 aliphatic heterocycles. The van der Waals surface area contributed by atoms with E-state index >= 15 is 0 Å². The van der Waals surface area contributed by atoms with Crippen molar-refractivity contribution in [2.75, 3.05) is 18.5 Å². The Bertz CT molecular complexity index is 373. The van der Waals surface area contributed by atoms with Gasteiger partial charge in [-0.3, -0.25) is 4.79 Å². The molecule has 0 spiro atoms. The summed E-state index contributed by atoms with van der Waals surface area (Å²) in [5.74, 6) is 0.489. The maximum Gasteiger partial charge on any atom is 0.221 e. The molecule has 0 aliphatic carbocycles. The van der Waals surface area contributed by atoms with Gasteiger partial charge in [-0.1, -0.05) is 13.3 Å². The lowest BCUT2D eigenvalue weighted by molar-refractivity contribution is -0.114. The highest BCUT2D eigenvalue weighted by Gasteiger charge is 2.09. The van der Waals surface area contributed by atoms with E-state index in [1.165, 1.54) is 6.92 Å². The van der Waals surface area contributed by atoms with E-state index in [1.807, 2.05) is 11.4 Å². The van der Waals surface area contributed by atoms with Gasteiger partial charge in [0.15, 0.2) is 0 Å². The minimum Gasteiger partial charge on any atom is -0.396 e. The van der Waals surface area contributed by atoms with Crippen LogP contribution in [-0.2, 0) is 11.3 Å². The summed E-state index contributed by atoms with van der Waals surface area (Å²) in [7, 11) is 0. The van der Waals surface area contributed by atoms with Crippen LogP contribution in [0.1, 0.15) is 38.0 Å². The van der Waals surface area contributed by atoms with Gasteiger partial charge in [-0.15, -0.1) is 11.3 Å². The molecule has 0 radical (unpaired) electrons. The lowest BCUT2D eigenvalue weighted by Crippen LogP contribution is -2.23. The fourth-order valence-electron chi connectivity index (χ4n) is 2.11. The van der Waals surface area contributed by atoms with Crippen LogP contribution in [0.2, 0.25) is 0 Å². The lowest BCUT2D eigenvalue weighted by atomic mass is 10.0. The molecule has 1 unspecified atom stereocenters. The van der Waals surface area contributed by atoms with Gasteiger partial charge in [0.05, 0.1) is 5.69 Å². The van der Waals surface area contributed by atoms with Gasteiger partial charge in [-0.25, -0.2) is 0 Å². The van der Waals surface area contributed by atoms with Crippen LogP contribution in [-0.4, -0.2) is 24.2 Å². The maximum absolute atomic E-state index is 11.1. The molecule has 0 aromatic carbocycles. The fourth-order valence-corrected chi connectivity index (χ4v) is 2.91. The number of nitrogens with one attached hydrogen (secondary N) is 2. The summed E-state index contributed by atoms with van der Waals surface area (Å²) in [4.78, 5) is 12.2. The van der Waals surface area contributed by atoms with E-state index in [0.717, 1.165) is 42.9 Å². The standard InChI is InChI=1S/C14H24N2O2S/c1-3-4-12(5-7-17)9-15-10-14-13(6-8-19-14)16-11(2)18/h6,8,12,15,17H,3-5,7,9-10H2,1-2H3,(H,16,18). The largest absolute Gasteiger partial charge is 0.396 e. The SMILES string of the molecule is CCCC(CCO)CNCc1sccc1NC(C)=O. The van der Waals surface area contributed by atoms with Crippen molar-refractivity contribution in [3.05, 3.63) is 16.3 Å². The Balaban J connectivity index is 2.39. The number of aliphatic hydroxyl groups excluding tert-OH is 1. The number of aliphatic hydroxyl groups is 1. The average molecular weight is 284 g/mol. The molecule has 1 aromatic rings. The van der Waals surface area contributed by atoms with E-state index in [1.54, 1.807) is 11.3 Å². The highest BCUT2D eigenvalue weighted by Crippen LogP contribution is 2.22. The van der Waals surface area contributed by atoms with Gasteiger partial charge in [0.1, 0.15) is 0 Å². The van der Waals surface area contributed by atoms with Crippen molar-refractivity contribution in [1.29, 1.82) is 0 Å². The van der Waals surface area contributed by atoms with Crippen molar-refractivity contribution >= 4 is 22.9 Å². The molecule has 1 aromatic heterocycles. The molecule has 0 fully saturated rings.